The third-order valence-electron chi connectivity index (χ3n) is 7.37. The third kappa shape index (κ3) is 9.84. The normalized spacial score (nSPS) is 14.8. The van der Waals surface area contributed by atoms with Gasteiger partial charge in [-0.05, 0) is 69.3 Å². The molecule has 218 valence electrons. The topological polar surface area (TPSA) is 86.5 Å². The maximum atomic E-state index is 13.0. The van der Waals surface area contributed by atoms with E-state index in [1.807, 2.05) is 50.5 Å². The number of hydrogen-bond acceptors (Lipinski definition) is 6. The van der Waals surface area contributed by atoms with E-state index >= 15 is 0 Å². The zero-order chi connectivity index (χ0) is 29.6. The van der Waals surface area contributed by atoms with Gasteiger partial charge < -0.3 is 20.2 Å². The van der Waals surface area contributed by atoms with Gasteiger partial charge in [0.1, 0.15) is 10.6 Å². The number of hydrogen-bond donors (Lipinski definition) is 2. The summed E-state index contributed by atoms with van der Waals surface area (Å²) in [6.07, 6.45) is 3.04. The molecular weight excluding hydrogens is 535 g/mol. The van der Waals surface area contributed by atoms with Crippen molar-refractivity contribution in [3.05, 3.63) is 77.3 Å². The molecule has 0 aliphatic heterocycles. The number of alkyl carbamates (subject to hydrolysis) is 1. The van der Waals surface area contributed by atoms with E-state index in [0.29, 0.717) is 19.3 Å². The monoisotopic (exact) mass is 581 g/mol. The lowest BCUT2D eigenvalue weighted by atomic mass is 9.94. The van der Waals surface area contributed by atoms with E-state index in [2.05, 4.69) is 80.6 Å². The Labute approximate surface area is 245 Å². The van der Waals surface area contributed by atoms with Crippen molar-refractivity contribution in [2.24, 2.45) is 5.73 Å². The van der Waals surface area contributed by atoms with Gasteiger partial charge in [-0.15, -0.1) is 11.3 Å². The van der Waals surface area contributed by atoms with Gasteiger partial charge >= 0.3 is 6.09 Å². The molecule has 3 N–H and O–H groups in total. The number of carbonyl (C=O) groups is 1. The number of benzene rings is 2. The van der Waals surface area contributed by atoms with Crippen LogP contribution in [0.15, 0.2) is 66.2 Å². The second kappa shape index (κ2) is 13.4. The molecule has 6 nitrogen and oxygen atoms in total. The van der Waals surface area contributed by atoms with Gasteiger partial charge in [0, 0.05) is 23.2 Å². The molecule has 0 saturated carbocycles. The smallest absolute Gasteiger partial charge is 0.407 e. The lowest BCUT2D eigenvalue weighted by molar-refractivity contribution is 0.0419. The Bertz CT molecular complexity index is 1190. The van der Waals surface area contributed by atoms with Crippen LogP contribution in [0.1, 0.15) is 59.1 Å². The van der Waals surface area contributed by atoms with Crippen LogP contribution >= 0.6 is 11.3 Å². The van der Waals surface area contributed by atoms with Gasteiger partial charge in [-0.25, -0.2) is 9.78 Å². The molecule has 0 aliphatic rings. The van der Waals surface area contributed by atoms with Crippen LogP contribution in [0, 0.1) is 0 Å². The Hall–Kier alpha value is -2.52. The first-order valence-electron chi connectivity index (χ1n) is 14.1. The lowest BCUT2D eigenvalue weighted by Gasteiger charge is -2.42. The molecule has 3 rings (SSSR count). The fourth-order valence-corrected chi connectivity index (χ4v) is 6.30. The van der Waals surface area contributed by atoms with Crippen molar-refractivity contribution in [3.8, 4) is 10.6 Å². The average molecular weight is 582 g/mol. The number of ether oxygens (including phenoxy) is 1. The van der Waals surface area contributed by atoms with Gasteiger partial charge in [-0.3, -0.25) is 0 Å². The number of carbonyl (C=O) groups excluding carboxylic acids is 1. The van der Waals surface area contributed by atoms with Gasteiger partial charge in [0.15, 0.2) is 8.32 Å². The summed E-state index contributed by atoms with van der Waals surface area (Å²) in [5.74, 6) is 0. The summed E-state index contributed by atoms with van der Waals surface area (Å²) in [5, 5.41) is 6.16. The van der Waals surface area contributed by atoms with Crippen molar-refractivity contribution in [1.29, 1.82) is 0 Å². The second-order valence-corrected chi connectivity index (χ2v) is 18.7. The van der Waals surface area contributed by atoms with E-state index < -0.39 is 20.0 Å². The Morgan fingerprint density at radius 2 is 1.60 bits per heavy atom. The zero-order valence-corrected chi connectivity index (χ0v) is 27.2. The molecule has 0 bridgehead atoms. The zero-order valence-electron chi connectivity index (χ0n) is 25.4. The maximum Gasteiger partial charge on any atom is 0.407 e. The minimum absolute atomic E-state index is 0.00419. The molecule has 1 amide bonds. The Morgan fingerprint density at radius 1 is 0.975 bits per heavy atom. The molecule has 0 fully saturated rings. The van der Waals surface area contributed by atoms with E-state index in [1.165, 1.54) is 5.56 Å². The Morgan fingerprint density at radius 3 is 2.15 bits per heavy atom. The van der Waals surface area contributed by atoms with Gasteiger partial charge in [-0.2, -0.15) is 0 Å². The van der Waals surface area contributed by atoms with Crippen LogP contribution in [0.2, 0.25) is 18.1 Å². The minimum atomic E-state index is -2.20. The number of nitrogens with zero attached hydrogens (tertiary/aromatic N) is 1. The molecular formula is C32H47N3O3SSi. The molecule has 0 unspecified atom stereocenters. The van der Waals surface area contributed by atoms with Gasteiger partial charge in [-0.1, -0.05) is 75.4 Å². The molecule has 8 heteroatoms. The molecule has 0 saturated heterocycles. The van der Waals surface area contributed by atoms with Crippen LogP contribution in [0.5, 0.6) is 0 Å². The van der Waals surface area contributed by atoms with Crippen molar-refractivity contribution in [2.45, 2.75) is 103 Å². The molecule has 2 aromatic carbocycles. The Balaban J connectivity index is 1.85. The largest absolute Gasteiger partial charge is 0.444 e. The van der Waals surface area contributed by atoms with Crippen molar-refractivity contribution in [1.82, 2.24) is 10.3 Å². The van der Waals surface area contributed by atoms with Crippen molar-refractivity contribution < 1.29 is 14.0 Å². The highest BCUT2D eigenvalue weighted by molar-refractivity contribution is 7.13. The second-order valence-electron chi connectivity index (χ2n) is 13.1. The van der Waals surface area contributed by atoms with Crippen molar-refractivity contribution in [2.75, 3.05) is 0 Å². The Kier molecular flexibility index (Phi) is 10.7. The number of thiazole rings is 1. The van der Waals surface area contributed by atoms with Crippen LogP contribution in [0.4, 0.5) is 4.79 Å². The number of rotatable bonds is 11. The summed E-state index contributed by atoms with van der Waals surface area (Å²) in [5.41, 5.74) is 9.61. The average Bonchev–Trinajstić information content (AvgIpc) is 3.37. The predicted molar refractivity (Wildman–Crippen MR) is 169 cm³/mol. The van der Waals surface area contributed by atoms with E-state index in [-0.39, 0.29) is 23.2 Å². The maximum absolute atomic E-state index is 13.0. The first-order chi connectivity index (χ1) is 18.6. The van der Waals surface area contributed by atoms with Gasteiger partial charge in [0.05, 0.1) is 12.1 Å². The van der Waals surface area contributed by atoms with Crippen LogP contribution < -0.4 is 11.1 Å². The van der Waals surface area contributed by atoms with Crippen LogP contribution in [-0.2, 0) is 22.0 Å². The van der Waals surface area contributed by atoms with Crippen molar-refractivity contribution >= 4 is 25.7 Å². The molecule has 1 heterocycles. The number of nitrogens with two attached hydrogens (primary N) is 1. The molecule has 1 aromatic heterocycles. The first-order valence-corrected chi connectivity index (χ1v) is 17.9. The van der Waals surface area contributed by atoms with Crippen LogP contribution in [0.25, 0.3) is 10.6 Å². The summed E-state index contributed by atoms with van der Waals surface area (Å²) in [7, 11) is -2.20. The number of aromatic nitrogens is 1. The van der Waals surface area contributed by atoms with Gasteiger partial charge in [0.2, 0.25) is 0 Å². The molecule has 0 radical (unpaired) electrons. The predicted octanol–water partition coefficient (Wildman–Crippen LogP) is 7.60. The highest BCUT2D eigenvalue weighted by Crippen LogP contribution is 2.38. The van der Waals surface area contributed by atoms with E-state index in [0.717, 1.165) is 16.1 Å². The molecule has 0 aliphatic carbocycles. The summed E-state index contributed by atoms with van der Waals surface area (Å²) >= 11 is 1.63. The third-order valence-corrected chi connectivity index (χ3v) is 12.7. The van der Waals surface area contributed by atoms with E-state index in [9.17, 15) is 4.79 Å². The van der Waals surface area contributed by atoms with Crippen molar-refractivity contribution in [3.63, 3.8) is 0 Å². The SMILES string of the molecule is CC(C)(C)OC(=O)N[C@@H](Cc1ccccc1)[C@H](C[C@@H](N)Cc1ccc(-c2nccs2)cc1)O[Si](C)(C)C(C)(C)C. The summed E-state index contributed by atoms with van der Waals surface area (Å²) in [4.78, 5) is 17.4. The molecule has 0 spiro atoms. The highest BCUT2D eigenvalue weighted by atomic mass is 32.1. The van der Waals surface area contributed by atoms with E-state index in [1.54, 1.807) is 11.3 Å². The molecule has 3 aromatic rings. The summed E-state index contributed by atoms with van der Waals surface area (Å²) in [6.45, 7) is 16.8. The fourth-order valence-electron chi connectivity index (χ4n) is 4.29. The first kappa shape index (κ1) is 32.0. The minimum Gasteiger partial charge on any atom is -0.444 e. The summed E-state index contributed by atoms with van der Waals surface area (Å²) in [6, 6.07) is 18.2. The standard InChI is InChI=1S/C32H47N3O3SSi/c1-31(2,3)37-30(36)35-27(21-23-12-10-9-11-13-23)28(38-40(7,8)32(4,5)6)22-26(33)20-24-14-16-25(17-15-24)29-34-18-19-39-29/h9-19,26-28H,20-22,33H2,1-8H3,(H,35,36)/t26-,27-,28-/m0/s1. The fraction of sp³-hybridized carbons (Fsp3) is 0.500. The lowest BCUT2D eigenvalue weighted by Crippen LogP contribution is -2.54. The quantitative estimate of drug-likeness (QED) is 0.228. The molecule has 3 atom stereocenters. The number of nitrogens with one attached hydrogen (secondary N) is 1. The van der Waals surface area contributed by atoms with Gasteiger partial charge in [0.25, 0.3) is 0 Å². The van der Waals surface area contributed by atoms with Crippen LogP contribution in [0.3, 0.4) is 0 Å². The summed E-state index contributed by atoms with van der Waals surface area (Å²) < 4.78 is 12.7. The van der Waals surface area contributed by atoms with E-state index in [4.69, 9.17) is 14.9 Å². The number of amides is 1. The molecule has 40 heavy (non-hydrogen) atoms. The highest BCUT2D eigenvalue weighted by Gasteiger charge is 2.41. The van der Waals surface area contributed by atoms with Crippen LogP contribution in [-0.4, -0.2) is 43.2 Å².